The number of carbonyl (C=O) groups is 2. The summed E-state index contributed by atoms with van der Waals surface area (Å²) in [5.41, 5.74) is 0.956. The molecule has 4 bridgehead atoms. The molecule has 158 valence electrons. The minimum absolute atomic E-state index is 0.0789. The molecule has 2 aromatic rings. The van der Waals surface area contributed by atoms with Crippen LogP contribution in [-0.2, 0) is 20.9 Å². The first-order valence-corrected chi connectivity index (χ1v) is 10.7. The first-order chi connectivity index (χ1) is 14.3. The number of hydrogen-bond donors (Lipinski definition) is 1. The summed E-state index contributed by atoms with van der Waals surface area (Å²) in [5, 5.41) is 11.8. The topological polar surface area (TPSA) is 85.7 Å². The van der Waals surface area contributed by atoms with Crippen LogP contribution >= 0.6 is 0 Å². The lowest BCUT2D eigenvalue weighted by molar-refractivity contribution is -0.197. The number of methoxy groups -OCH3 is 1. The van der Waals surface area contributed by atoms with Gasteiger partial charge in [0.2, 0.25) is 0 Å². The minimum Gasteiger partial charge on any atom is -0.465 e. The normalized spacial score (nSPS) is 31.7. The molecule has 2 unspecified atom stereocenters. The molecular weight excluding hydrogens is 382 g/mol. The molecule has 4 fully saturated rings. The van der Waals surface area contributed by atoms with Crippen LogP contribution in [0.1, 0.15) is 60.1 Å². The Balaban J connectivity index is 1.44. The lowest BCUT2D eigenvalue weighted by Crippen LogP contribution is -2.58. The van der Waals surface area contributed by atoms with Crippen LogP contribution in [0.3, 0.4) is 0 Å². The summed E-state index contributed by atoms with van der Waals surface area (Å²) in [6, 6.07) is 7.58. The number of fused-ring (bicyclic) bond motifs is 1. The predicted molar refractivity (Wildman–Crippen MR) is 110 cm³/mol. The molecule has 1 heterocycles. The highest BCUT2D eigenvalue weighted by Gasteiger charge is 2.60. The van der Waals surface area contributed by atoms with Crippen LogP contribution in [-0.4, -0.2) is 34.7 Å². The lowest BCUT2D eigenvalue weighted by Gasteiger charge is -2.58. The number of aryl methyl sites for hydroxylation is 1. The van der Waals surface area contributed by atoms with Gasteiger partial charge in [-0.1, -0.05) is 18.2 Å². The molecule has 0 amide bonds. The van der Waals surface area contributed by atoms with Crippen LogP contribution in [0.4, 0.5) is 0 Å². The standard InChI is InChI=1S/C24H27NO5/c1-14-17-5-3-4-6-18(17)25-19(20(14)21(26)29-2)12-30-22(27)23-8-15-7-16(9-23)11-24(28,10-15)13-23/h3-6,15-16,28H,7-13H2,1-2H3/t15-,16+,23?,24?. The molecular formula is C24H27NO5. The smallest absolute Gasteiger partial charge is 0.340 e. The first kappa shape index (κ1) is 19.5. The van der Waals surface area contributed by atoms with Crippen LogP contribution in [0.15, 0.2) is 24.3 Å². The highest BCUT2D eigenvalue weighted by Crippen LogP contribution is 2.62. The van der Waals surface area contributed by atoms with Crippen molar-refractivity contribution in [2.75, 3.05) is 7.11 Å². The van der Waals surface area contributed by atoms with Crippen molar-refractivity contribution in [1.29, 1.82) is 0 Å². The van der Waals surface area contributed by atoms with Crippen molar-refractivity contribution in [2.45, 2.75) is 57.7 Å². The van der Waals surface area contributed by atoms with Crippen LogP contribution < -0.4 is 0 Å². The molecule has 0 radical (unpaired) electrons. The monoisotopic (exact) mass is 409 g/mol. The third kappa shape index (κ3) is 3.00. The zero-order valence-corrected chi connectivity index (χ0v) is 17.4. The lowest BCUT2D eigenvalue weighted by atomic mass is 9.48. The van der Waals surface area contributed by atoms with Gasteiger partial charge in [0.05, 0.1) is 34.9 Å². The van der Waals surface area contributed by atoms with Crippen LogP contribution in [0, 0.1) is 24.2 Å². The number of benzene rings is 1. The summed E-state index contributed by atoms with van der Waals surface area (Å²) in [4.78, 5) is 30.3. The number of hydrogen-bond acceptors (Lipinski definition) is 6. The average Bonchev–Trinajstić information content (AvgIpc) is 2.69. The highest BCUT2D eigenvalue weighted by molar-refractivity contribution is 5.98. The van der Waals surface area contributed by atoms with E-state index in [4.69, 9.17) is 9.47 Å². The Bertz CT molecular complexity index is 1030. The van der Waals surface area contributed by atoms with E-state index in [9.17, 15) is 14.7 Å². The van der Waals surface area contributed by atoms with Crippen LogP contribution in [0.5, 0.6) is 0 Å². The molecule has 0 aliphatic heterocycles. The van der Waals surface area contributed by atoms with Crippen LogP contribution in [0.2, 0.25) is 0 Å². The Kier molecular flexibility index (Phi) is 4.40. The fourth-order valence-corrected chi connectivity index (χ4v) is 6.66. The second-order valence-electron chi connectivity index (χ2n) is 9.61. The van der Waals surface area contributed by atoms with Gasteiger partial charge in [-0.25, -0.2) is 9.78 Å². The second-order valence-corrected chi connectivity index (χ2v) is 9.61. The van der Waals surface area contributed by atoms with Gasteiger partial charge >= 0.3 is 11.9 Å². The molecule has 4 saturated carbocycles. The molecule has 4 aliphatic carbocycles. The Hall–Kier alpha value is -2.47. The number of para-hydroxylation sites is 1. The molecule has 30 heavy (non-hydrogen) atoms. The maximum atomic E-state index is 13.2. The Morgan fingerprint density at radius 1 is 1.17 bits per heavy atom. The van der Waals surface area contributed by atoms with Gasteiger partial charge < -0.3 is 14.6 Å². The molecule has 6 nitrogen and oxygen atoms in total. The summed E-state index contributed by atoms with van der Waals surface area (Å²) in [7, 11) is 1.34. The number of esters is 2. The Labute approximate surface area is 175 Å². The molecule has 6 rings (SSSR count). The van der Waals surface area contributed by atoms with Crippen molar-refractivity contribution >= 4 is 22.8 Å². The summed E-state index contributed by atoms with van der Waals surface area (Å²) < 4.78 is 10.8. The van der Waals surface area contributed by atoms with E-state index in [2.05, 4.69) is 4.98 Å². The summed E-state index contributed by atoms with van der Waals surface area (Å²) in [5.74, 6) is 0.0466. The molecule has 6 heteroatoms. The summed E-state index contributed by atoms with van der Waals surface area (Å²) in [6.07, 6.45) is 4.78. The molecule has 4 aliphatic rings. The van der Waals surface area contributed by atoms with Gasteiger partial charge in [-0.2, -0.15) is 0 Å². The number of pyridine rings is 1. The van der Waals surface area contributed by atoms with Gasteiger partial charge in [0, 0.05) is 5.39 Å². The van der Waals surface area contributed by atoms with Crippen molar-refractivity contribution in [3.05, 3.63) is 41.1 Å². The molecule has 1 N–H and O–H groups in total. The molecule has 0 spiro atoms. The Morgan fingerprint density at radius 2 is 1.87 bits per heavy atom. The van der Waals surface area contributed by atoms with Crippen molar-refractivity contribution in [2.24, 2.45) is 17.3 Å². The van der Waals surface area contributed by atoms with Crippen molar-refractivity contribution in [3.8, 4) is 0 Å². The predicted octanol–water partition coefficient (Wildman–Crippen LogP) is 3.70. The number of aromatic nitrogens is 1. The quantitative estimate of drug-likeness (QED) is 0.775. The van der Waals surface area contributed by atoms with E-state index in [-0.39, 0.29) is 12.6 Å². The van der Waals surface area contributed by atoms with Gasteiger partial charge in [-0.05, 0) is 68.9 Å². The van der Waals surface area contributed by atoms with E-state index in [1.807, 2.05) is 31.2 Å². The van der Waals surface area contributed by atoms with E-state index < -0.39 is 17.0 Å². The zero-order valence-electron chi connectivity index (χ0n) is 17.4. The average molecular weight is 409 g/mol. The SMILES string of the molecule is COC(=O)c1c(COC(=O)C23C[C@@H]4C[C@@H](CC(O)(C4)C2)C3)nc2ccccc2c1C. The number of ether oxygens (including phenoxy) is 2. The van der Waals surface area contributed by atoms with E-state index >= 15 is 0 Å². The number of nitrogens with zero attached hydrogens (tertiary/aromatic N) is 1. The van der Waals surface area contributed by atoms with Gasteiger partial charge in [0.15, 0.2) is 0 Å². The third-order valence-corrected chi connectivity index (χ3v) is 7.42. The van der Waals surface area contributed by atoms with Crippen molar-refractivity contribution < 1.29 is 24.2 Å². The second kappa shape index (κ2) is 6.77. The van der Waals surface area contributed by atoms with E-state index in [1.54, 1.807) is 0 Å². The fourth-order valence-electron chi connectivity index (χ4n) is 6.66. The van der Waals surface area contributed by atoms with Gasteiger partial charge in [0.1, 0.15) is 6.61 Å². The maximum absolute atomic E-state index is 13.2. The fraction of sp³-hybridized carbons (Fsp3) is 0.542. The molecule has 1 aromatic heterocycles. The minimum atomic E-state index is -0.724. The molecule has 0 saturated heterocycles. The van der Waals surface area contributed by atoms with Crippen molar-refractivity contribution in [1.82, 2.24) is 4.98 Å². The van der Waals surface area contributed by atoms with Gasteiger partial charge in [-0.15, -0.1) is 0 Å². The molecule has 4 atom stereocenters. The van der Waals surface area contributed by atoms with Gasteiger partial charge in [0.25, 0.3) is 0 Å². The Morgan fingerprint density at radius 3 is 2.53 bits per heavy atom. The number of aliphatic hydroxyl groups is 1. The number of carbonyl (C=O) groups excluding carboxylic acids is 2. The largest absolute Gasteiger partial charge is 0.465 e. The highest BCUT2D eigenvalue weighted by atomic mass is 16.5. The summed E-state index contributed by atoms with van der Waals surface area (Å²) in [6.45, 7) is 1.78. The van der Waals surface area contributed by atoms with Crippen LogP contribution in [0.25, 0.3) is 10.9 Å². The van der Waals surface area contributed by atoms with Crippen molar-refractivity contribution in [3.63, 3.8) is 0 Å². The zero-order chi connectivity index (χ0) is 21.1. The van der Waals surface area contributed by atoms with Gasteiger partial charge in [-0.3, -0.25) is 4.79 Å². The maximum Gasteiger partial charge on any atom is 0.340 e. The first-order valence-electron chi connectivity index (χ1n) is 10.7. The third-order valence-electron chi connectivity index (χ3n) is 7.42. The van der Waals surface area contributed by atoms with E-state index in [1.165, 1.54) is 7.11 Å². The van der Waals surface area contributed by atoms with E-state index in [0.717, 1.165) is 48.6 Å². The van der Waals surface area contributed by atoms with E-state index in [0.29, 0.717) is 29.5 Å². The summed E-state index contributed by atoms with van der Waals surface area (Å²) >= 11 is 0. The number of rotatable bonds is 4. The molecule has 1 aromatic carbocycles.